The summed E-state index contributed by atoms with van der Waals surface area (Å²) >= 11 is 3.26. The van der Waals surface area contributed by atoms with E-state index >= 15 is 0 Å². The van der Waals surface area contributed by atoms with Gasteiger partial charge in [-0.25, -0.2) is 8.78 Å². The normalized spacial score (nSPS) is 18.8. The second-order valence-electron chi connectivity index (χ2n) is 9.89. The summed E-state index contributed by atoms with van der Waals surface area (Å²) in [4.78, 5) is 36.3. The molecule has 0 spiro atoms. The quantitative estimate of drug-likeness (QED) is 0.343. The molecule has 2 saturated heterocycles. The zero-order valence-corrected chi connectivity index (χ0v) is 22.8. The summed E-state index contributed by atoms with van der Waals surface area (Å²) in [7, 11) is 0. The Labute approximate surface area is 233 Å². The van der Waals surface area contributed by atoms with Crippen molar-refractivity contribution in [3.05, 3.63) is 58.9 Å². The number of hydrogen-bond acceptors (Lipinski definition) is 7. The Kier molecular flexibility index (Phi) is 7.41. The number of alkyl halides is 2. The number of amides is 1. The molecule has 6 rings (SSSR count). The molecule has 2 fully saturated rings. The van der Waals surface area contributed by atoms with Gasteiger partial charge in [-0.3, -0.25) is 14.5 Å². The highest BCUT2D eigenvalue weighted by Crippen LogP contribution is 2.52. The standard InChI is InChI=1S/C28H28F2N4O3S2/c29-28(30)6-8-33(9-7-28)17-26(36)31-18-4-5-22-24(14-18)38-23-3-1-2-20(27(23)39-22)21-15-19(16-25(35)32-21)34-10-12-37-13-11-34/h1-5,14-16H,6-13,17H2,(H,31,36)(H,32,35). The molecule has 3 aliphatic heterocycles. The molecule has 1 amide bonds. The lowest BCUT2D eigenvalue weighted by Gasteiger charge is -2.31. The molecule has 0 bridgehead atoms. The molecule has 204 valence electrons. The first-order chi connectivity index (χ1) is 18.8. The first kappa shape index (κ1) is 26.4. The van der Waals surface area contributed by atoms with Crippen molar-refractivity contribution in [1.82, 2.24) is 9.88 Å². The van der Waals surface area contributed by atoms with E-state index in [-0.39, 0.29) is 43.9 Å². The van der Waals surface area contributed by atoms with Gasteiger partial charge in [0.1, 0.15) is 0 Å². The molecule has 2 N–H and O–H groups in total. The van der Waals surface area contributed by atoms with E-state index in [1.165, 1.54) is 0 Å². The molecule has 0 aliphatic carbocycles. The van der Waals surface area contributed by atoms with Crippen LogP contribution in [0.5, 0.6) is 0 Å². The van der Waals surface area contributed by atoms with E-state index in [9.17, 15) is 18.4 Å². The fraction of sp³-hybridized carbons (Fsp3) is 0.357. The average Bonchev–Trinajstić information content (AvgIpc) is 2.93. The van der Waals surface area contributed by atoms with Crippen LogP contribution in [0.15, 0.2) is 72.9 Å². The Morgan fingerprint density at radius 1 is 0.974 bits per heavy atom. The maximum Gasteiger partial charge on any atom is 0.250 e. The van der Waals surface area contributed by atoms with Gasteiger partial charge in [-0.15, -0.1) is 0 Å². The van der Waals surface area contributed by atoms with Gasteiger partial charge in [-0.05, 0) is 30.3 Å². The number of morpholine rings is 1. The molecule has 3 aromatic rings. The van der Waals surface area contributed by atoms with Gasteiger partial charge < -0.3 is 19.9 Å². The Bertz CT molecular complexity index is 1450. The molecule has 0 unspecified atom stereocenters. The van der Waals surface area contributed by atoms with Crippen molar-refractivity contribution in [2.75, 3.05) is 56.2 Å². The van der Waals surface area contributed by atoms with E-state index in [1.807, 2.05) is 36.4 Å². The topological polar surface area (TPSA) is 77.7 Å². The highest BCUT2D eigenvalue weighted by Gasteiger charge is 2.34. The SMILES string of the molecule is O=C(CN1CCC(F)(F)CC1)Nc1ccc2c(c1)Sc1cccc(-c3cc(N4CCOCC4)cc(=O)[nH]3)c1S2. The van der Waals surface area contributed by atoms with Gasteiger partial charge in [0.25, 0.3) is 5.92 Å². The highest BCUT2D eigenvalue weighted by atomic mass is 32.2. The van der Waals surface area contributed by atoms with Crippen LogP contribution >= 0.6 is 23.5 Å². The number of hydrogen-bond donors (Lipinski definition) is 2. The number of pyridine rings is 1. The van der Waals surface area contributed by atoms with E-state index in [1.54, 1.807) is 34.5 Å². The van der Waals surface area contributed by atoms with Crippen molar-refractivity contribution >= 4 is 40.8 Å². The van der Waals surface area contributed by atoms with Crippen LogP contribution in [0.25, 0.3) is 11.3 Å². The molecule has 2 aromatic carbocycles. The minimum atomic E-state index is -2.63. The molecule has 0 radical (unpaired) electrons. The number of benzene rings is 2. The third kappa shape index (κ3) is 6.01. The number of H-pyrrole nitrogens is 1. The van der Waals surface area contributed by atoms with Gasteiger partial charge in [0, 0.05) is 81.6 Å². The molecule has 3 aliphatic rings. The van der Waals surface area contributed by atoms with Gasteiger partial charge in [0.15, 0.2) is 0 Å². The Balaban J connectivity index is 1.18. The summed E-state index contributed by atoms with van der Waals surface area (Å²) in [5, 5.41) is 2.92. The predicted molar refractivity (Wildman–Crippen MR) is 149 cm³/mol. The van der Waals surface area contributed by atoms with Crippen molar-refractivity contribution < 1.29 is 18.3 Å². The lowest BCUT2D eigenvalue weighted by atomic mass is 10.1. The maximum atomic E-state index is 13.4. The number of aromatic amines is 1. The Morgan fingerprint density at radius 3 is 2.56 bits per heavy atom. The van der Waals surface area contributed by atoms with E-state index in [0.717, 1.165) is 49.6 Å². The summed E-state index contributed by atoms with van der Waals surface area (Å²) in [5.74, 6) is -2.84. The Hall–Kier alpha value is -2.86. The van der Waals surface area contributed by atoms with Crippen LogP contribution in [0.1, 0.15) is 12.8 Å². The Morgan fingerprint density at radius 2 is 1.77 bits per heavy atom. The van der Waals surface area contributed by atoms with E-state index in [4.69, 9.17) is 4.74 Å². The van der Waals surface area contributed by atoms with Crippen molar-refractivity contribution in [3.8, 4) is 11.3 Å². The summed E-state index contributed by atoms with van der Waals surface area (Å²) in [6.45, 7) is 3.33. The number of ether oxygens (including phenoxy) is 1. The van der Waals surface area contributed by atoms with E-state index in [2.05, 4.69) is 21.3 Å². The minimum absolute atomic E-state index is 0.100. The first-order valence-electron chi connectivity index (χ1n) is 12.9. The monoisotopic (exact) mass is 570 g/mol. The molecule has 0 saturated carbocycles. The van der Waals surface area contributed by atoms with Crippen LogP contribution in [0.2, 0.25) is 0 Å². The molecule has 0 atom stereocenters. The number of anilines is 2. The number of nitrogens with one attached hydrogen (secondary N) is 2. The van der Waals surface area contributed by atoms with Crippen LogP contribution < -0.4 is 15.8 Å². The number of likely N-dealkylation sites (tertiary alicyclic amines) is 1. The molecule has 7 nitrogen and oxygen atoms in total. The second-order valence-corrected chi connectivity index (χ2v) is 12.0. The minimum Gasteiger partial charge on any atom is -0.378 e. The number of rotatable bonds is 5. The molecule has 1 aromatic heterocycles. The van der Waals surface area contributed by atoms with E-state index in [0.29, 0.717) is 18.9 Å². The van der Waals surface area contributed by atoms with Gasteiger partial charge in [-0.1, -0.05) is 35.7 Å². The third-order valence-corrected chi connectivity index (χ3v) is 9.68. The molecular weight excluding hydrogens is 542 g/mol. The fourth-order valence-electron chi connectivity index (χ4n) is 5.01. The number of nitrogens with zero attached hydrogens (tertiary/aromatic N) is 2. The van der Waals surface area contributed by atoms with Crippen molar-refractivity contribution in [2.45, 2.75) is 38.3 Å². The van der Waals surface area contributed by atoms with Crippen LogP contribution in [0.3, 0.4) is 0 Å². The van der Waals surface area contributed by atoms with Gasteiger partial charge in [0.05, 0.1) is 25.5 Å². The summed E-state index contributed by atoms with van der Waals surface area (Å²) in [5.41, 5.74) is 3.17. The van der Waals surface area contributed by atoms with Gasteiger partial charge in [0.2, 0.25) is 11.5 Å². The lowest BCUT2D eigenvalue weighted by molar-refractivity contribution is -0.119. The van der Waals surface area contributed by atoms with Crippen LogP contribution in [-0.2, 0) is 9.53 Å². The summed E-state index contributed by atoms with van der Waals surface area (Å²) in [6, 6.07) is 15.5. The number of carbonyl (C=O) groups excluding carboxylic acids is 1. The number of fused-ring (bicyclic) bond motifs is 2. The van der Waals surface area contributed by atoms with E-state index < -0.39 is 5.92 Å². The third-order valence-electron chi connectivity index (χ3n) is 7.09. The van der Waals surface area contributed by atoms with Crippen LogP contribution in [0.4, 0.5) is 20.2 Å². The number of carbonyl (C=O) groups is 1. The maximum absolute atomic E-state index is 13.4. The van der Waals surface area contributed by atoms with Gasteiger partial charge >= 0.3 is 0 Å². The second kappa shape index (κ2) is 11.0. The lowest BCUT2D eigenvalue weighted by Crippen LogP contribution is -2.42. The summed E-state index contributed by atoms with van der Waals surface area (Å²) in [6.07, 6.45) is -0.417. The number of piperidine rings is 1. The number of halogens is 2. The molecule has 39 heavy (non-hydrogen) atoms. The largest absolute Gasteiger partial charge is 0.378 e. The number of aromatic nitrogens is 1. The molecular formula is C28H28F2N4O3S2. The molecule has 4 heterocycles. The van der Waals surface area contributed by atoms with Crippen molar-refractivity contribution in [1.29, 1.82) is 0 Å². The molecule has 11 heteroatoms. The van der Waals surface area contributed by atoms with Crippen molar-refractivity contribution in [3.63, 3.8) is 0 Å². The van der Waals surface area contributed by atoms with Gasteiger partial charge in [-0.2, -0.15) is 0 Å². The van der Waals surface area contributed by atoms with Crippen LogP contribution in [0, 0.1) is 0 Å². The summed E-state index contributed by atoms with van der Waals surface area (Å²) < 4.78 is 32.3. The smallest absolute Gasteiger partial charge is 0.250 e. The average molecular weight is 571 g/mol. The highest BCUT2D eigenvalue weighted by molar-refractivity contribution is 8.05. The van der Waals surface area contributed by atoms with Crippen molar-refractivity contribution in [2.24, 2.45) is 0 Å². The zero-order valence-electron chi connectivity index (χ0n) is 21.2. The zero-order chi connectivity index (χ0) is 27.0. The first-order valence-corrected chi connectivity index (χ1v) is 14.6. The predicted octanol–water partition coefficient (Wildman–Crippen LogP) is 5.16. The van der Waals surface area contributed by atoms with Crippen LogP contribution in [-0.4, -0.2) is 67.7 Å². The fourth-order valence-corrected chi connectivity index (χ4v) is 7.42.